The van der Waals surface area contributed by atoms with E-state index in [9.17, 15) is 4.79 Å². The van der Waals surface area contributed by atoms with Gasteiger partial charge in [0.05, 0.1) is 31.3 Å². The second-order valence-electron chi connectivity index (χ2n) is 11.4. The van der Waals surface area contributed by atoms with E-state index in [1.165, 1.54) is 0 Å². The van der Waals surface area contributed by atoms with Crippen LogP contribution in [0.4, 0.5) is 0 Å². The first kappa shape index (κ1) is 29.3. The Labute approximate surface area is 214 Å². The van der Waals surface area contributed by atoms with E-state index in [0.29, 0.717) is 25.6 Å². The quantitative estimate of drug-likeness (QED) is 0.208. The van der Waals surface area contributed by atoms with Gasteiger partial charge in [-0.25, -0.2) is 0 Å². The predicted molar refractivity (Wildman–Crippen MR) is 147 cm³/mol. The smallest absolute Gasteiger partial charge is 0.309 e. The minimum atomic E-state index is -2.14. The summed E-state index contributed by atoms with van der Waals surface area (Å²) < 4.78 is 19.2. The highest BCUT2D eigenvalue weighted by Gasteiger charge is 2.42. The summed E-state index contributed by atoms with van der Waals surface area (Å²) >= 11 is 0. The summed E-state index contributed by atoms with van der Waals surface area (Å²) in [5, 5.41) is 0.0441. The van der Waals surface area contributed by atoms with Crippen LogP contribution in [0.2, 0.25) is 18.1 Å². The van der Waals surface area contributed by atoms with E-state index in [0.717, 1.165) is 17.5 Å². The Morgan fingerprint density at radius 1 is 0.914 bits per heavy atom. The number of benzene rings is 2. The highest BCUT2D eigenvalue weighted by atomic mass is 28.4. The fraction of sp³-hybridized carbons (Fsp3) is 0.567. The van der Waals surface area contributed by atoms with Gasteiger partial charge in [0.1, 0.15) is 0 Å². The molecule has 0 saturated carbocycles. The van der Waals surface area contributed by atoms with Crippen LogP contribution in [-0.4, -0.2) is 27.0 Å². The number of carbonyl (C=O) groups is 1. The van der Waals surface area contributed by atoms with E-state index >= 15 is 0 Å². The maximum Gasteiger partial charge on any atom is 0.309 e. The second-order valence-corrected chi connectivity index (χ2v) is 16.1. The highest BCUT2D eigenvalue weighted by Crippen LogP contribution is 2.42. The highest BCUT2D eigenvalue weighted by molar-refractivity contribution is 6.74. The molecule has 0 saturated heterocycles. The molecule has 4 nitrogen and oxygen atoms in total. The van der Waals surface area contributed by atoms with Crippen molar-refractivity contribution in [3.05, 3.63) is 71.8 Å². The summed E-state index contributed by atoms with van der Waals surface area (Å²) in [6.07, 6.45) is 0.744. The minimum absolute atomic E-state index is 0.0441. The molecule has 3 atom stereocenters. The van der Waals surface area contributed by atoms with Crippen molar-refractivity contribution in [3.8, 4) is 0 Å². The number of hydrogen-bond donors (Lipinski definition) is 0. The first-order valence-electron chi connectivity index (χ1n) is 13.0. The molecular formula is C30H46O4Si. The summed E-state index contributed by atoms with van der Waals surface area (Å²) in [6.45, 7) is 18.3. The number of hydrogen-bond acceptors (Lipinski definition) is 4. The first-order chi connectivity index (χ1) is 16.4. The van der Waals surface area contributed by atoms with Gasteiger partial charge in [0.15, 0.2) is 8.32 Å². The van der Waals surface area contributed by atoms with E-state index in [-0.39, 0.29) is 29.1 Å². The summed E-state index contributed by atoms with van der Waals surface area (Å²) in [6, 6.07) is 20.5. The maximum absolute atomic E-state index is 13.0. The monoisotopic (exact) mass is 498 g/mol. The van der Waals surface area contributed by atoms with Gasteiger partial charge in [-0.1, -0.05) is 95.3 Å². The number of ether oxygens (including phenoxy) is 2. The van der Waals surface area contributed by atoms with Gasteiger partial charge in [0.2, 0.25) is 0 Å². The molecule has 0 aliphatic rings. The molecule has 0 fully saturated rings. The van der Waals surface area contributed by atoms with Crippen molar-refractivity contribution in [2.75, 3.05) is 6.61 Å². The van der Waals surface area contributed by atoms with E-state index in [2.05, 4.69) is 72.0 Å². The molecule has 0 radical (unpaired) electrons. The average molecular weight is 499 g/mol. The molecule has 0 heterocycles. The van der Waals surface area contributed by atoms with E-state index < -0.39 is 8.32 Å². The zero-order chi connectivity index (χ0) is 26.1. The third-order valence-electron chi connectivity index (χ3n) is 6.89. The summed E-state index contributed by atoms with van der Waals surface area (Å²) in [7, 11) is -2.14. The van der Waals surface area contributed by atoms with E-state index in [1.807, 2.05) is 43.3 Å². The summed E-state index contributed by atoms with van der Waals surface area (Å²) in [5.74, 6) is -0.0192. The molecule has 0 unspecified atom stereocenters. The third kappa shape index (κ3) is 9.21. The molecule has 2 aromatic rings. The third-order valence-corrected chi connectivity index (χ3v) is 11.3. The van der Waals surface area contributed by atoms with Crippen LogP contribution < -0.4 is 0 Å². The Bertz CT molecular complexity index is 874. The molecule has 2 aromatic carbocycles. The Morgan fingerprint density at radius 2 is 1.49 bits per heavy atom. The van der Waals surface area contributed by atoms with Gasteiger partial charge in [-0.2, -0.15) is 0 Å². The average Bonchev–Trinajstić information content (AvgIpc) is 2.80. The second kappa shape index (κ2) is 13.4. The normalized spacial score (nSPS) is 15.0. The van der Waals surface area contributed by atoms with Gasteiger partial charge in [0.25, 0.3) is 0 Å². The zero-order valence-electron chi connectivity index (χ0n) is 23.0. The van der Waals surface area contributed by atoms with Gasteiger partial charge >= 0.3 is 5.97 Å². The van der Waals surface area contributed by atoms with Crippen LogP contribution in [-0.2, 0) is 25.3 Å². The molecule has 35 heavy (non-hydrogen) atoms. The van der Waals surface area contributed by atoms with Crippen molar-refractivity contribution < 1.29 is 18.7 Å². The molecule has 194 valence electrons. The number of rotatable bonds is 13. The fourth-order valence-electron chi connectivity index (χ4n) is 3.95. The Kier molecular flexibility index (Phi) is 11.2. The van der Waals surface area contributed by atoms with Gasteiger partial charge in [-0.15, -0.1) is 0 Å². The summed E-state index contributed by atoms with van der Waals surface area (Å²) in [4.78, 5) is 13.0. The van der Waals surface area contributed by atoms with Crippen LogP contribution in [0.5, 0.6) is 0 Å². The Balaban J connectivity index is 2.47. The largest absolute Gasteiger partial charge is 0.466 e. The molecule has 0 bridgehead atoms. The molecule has 0 N–H and O–H groups in total. The van der Waals surface area contributed by atoms with Gasteiger partial charge < -0.3 is 13.9 Å². The minimum Gasteiger partial charge on any atom is -0.466 e. The van der Waals surface area contributed by atoms with Crippen LogP contribution in [0.15, 0.2) is 60.7 Å². The van der Waals surface area contributed by atoms with Crippen LogP contribution >= 0.6 is 0 Å². The van der Waals surface area contributed by atoms with E-state index in [4.69, 9.17) is 13.9 Å². The lowest BCUT2D eigenvalue weighted by molar-refractivity contribution is -0.151. The molecular weight excluding hydrogens is 452 g/mol. The number of carbonyl (C=O) groups excluding carboxylic acids is 1. The van der Waals surface area contributed by atoms with Gasteiger partial charge in [-0.05, 0) is 54.9 Å². The SMILES string of the molecule is CCOC(=O)[C@@H](CC(C)C)C[C@@H](OCc1ccccc1)[C@@H](O[Si](C)(C)C(C)(C)C)c1ccccc1. The van der Waals surface area contributed by atoms with Crippen molar-refractivity contribution >= 4 is 14.3 Å². The maximum atomic E-state index is 13.0. The lowest BCUT2D eigenvalue weighted by atomic mass is 9.89. The number of esters is 1. The standard InChI is InChI=1S/C30H46O4Si/c1-9-32-29(31)26(20-23(2)3)21-27(33-22-24-16-12-10-13-17-24)28(25-18-14-11-15-19-25)34-35(7,8)30(4,5)6/h10-19,23,26-28H,9,20-22H2,1-8H3/t26-,27+,28-/m0/s1. The molecule has 0 aliphatic heterocycles. The lowest BCUT2D eigenvalue weighted by Crippen LogP contribution is -2.45. The van der Waals surface area contributed by atoms with Crippen molar-refractivity contribution in [2.45, 2.75) is 91.3 Å². The fourth-order valence-corrected chi connectivity index (χ4v) is 5.23. The van der Waals surface area contributed by atoms with Crippen LogP contribution in [0.3, 0.4) is 0 Å². The molecule has 5 heteroatoms. The van der Waals surface area contributed by atoms with Crippen molar-refractivity contribution in [1.82, 2.24) is 0 Å². The predicted octanol–water partition coefficient (Wildman–Crippen LogP) is 7.95. The lowest BCUT2D eigenvalue weighted by Gasteiger charge is -2.42. The molecule has 0 aliphatic carbocycles. The van der Waals surface area contributed by atoms with E-state index in [1.54, 1.807) is 0 Å². The van der Waals surface area contributed by atoms with Crippen molar-refractivity contribution in [2.24, 2.45) is 11.8 Å². The summed E-state index contributed by atoms with van der Waals surface area (Å²) in [5.41, 5.74) is 2.19. The zero-order valence-corrected chi connectivity index (χ0v) is 24.0. The topological polar surface area (TPSA) is 44.8 Å². The molecule has 2 rings (SSSR count). The Morgan fingerprint density at radius 3 is 2.00 bits per heavy atom. The van der Waals surface area contributed by atoms with Crippen LogP contribution in [0.1, 0.15) is 71.6 Å². The van der Waals surface area contributed by atoms with Crippen molar-refractivity contribution in [3.63, 3.8) is 0 Å². The van der Waals surface area contributed by atoms with Crippen LogP contribution in [0, 0.1) is 11.8 Å². The van der Waals surface area contributed by atoms with Crippen molar-refractivity contribution in [1.29, 1.82) is 0 Å². The van der Waals surface area contributed by atoms with Gasteiger partial charge in [0, 0.05) is 0 Å². The molecule has 0 spiro atoms. The Hall–Kier alpha value is -1.95. The van der Waals surface area contributed by atoms with Crippen LogP contribution in [0.25, 0.3) is 0 Å². The molecule has 0 amide bonds. The molecule has 0 aromatic heterocycles. The first-order valence-corrected chi connectivity index (χ1v) is 15.9. The van der Waals surface area contributed by atoms with Gasteiger partial charge in [-0.3, -0.25) is 4.79 Å².